The van der Waals surface area contributed by atoms with E-state index in [0.717, 1.165) is 38.5 Å². The summed E-state index contributed by atoms with van der Waals surface area (Å²) < 4.78 is 64.9. The van der Waals surface area contributed by atoms with Gasteiger partial charge in [0.05, 0.1) is 13.2 Å². The molecule has 35 heavy (non-hydrogen) atoms. The van der Waals surface area contributed by atoms with Gasteiger partial charge < -0.3 is 1.43 Å². The first kappa shape index (κ1) is 40.2. The Morgan fingerprint density at radius 2 is 0.686 bits per heavy atom. The van der Waals surface area contributed by atoms with Gasteiger partial charge in [-0.3, -0.25) is 9.11 Å². The van der Waals surface area contributed by atoms with E-state index in [1.54, 1.807) is 0 Å². The van der Waals surface area contributed by atoms with Crippen molar-refractivity contribution in [3.05, 3.63) is 0 Å². The SMILES string of the molecule is CCCCCCCCCCCCOS(=O)(=O)OCCCCCCCCCCCC.O=S(=O)(O)O.[H-].[Na+]. The monoisotopic (exact) mass is 556 g/mol. The van der Waals surface area contributed by atoms with Crippen molar-refractivity contribution in [3.8, 4) is 0 Å². The van der Waals surface area contributed by atoms with Gasteiger partial charge >= 0.3 is 50.4 Å². The summed E-state index contributed by atoms with van der Waals surface area (Å²) in [5, 5.41) is 0. The number of hydrogen-bond donors (Lipinski definition) is 2. The van der Waals surface area contributed by atoms with E-state index < -0.39 is 20.8 Å². The van der Waals surface area contributed by atoms with E-state index in [4.69, 9.17) is 25.9 Å². The van der Waals surface area contributed by atoms with Gasteiger partial charge in [-0.15, -0.1) is 0 Å². The van der Waals surface area contributed by atoms with Crippen molar-refractivity contribution in [3.63, 3.8) is 0 Å². The molecular weight excluding hydrogens is 503 g/mol. The Hall–Kier alpha value is 0.740. The average Bonchev–Trinajstić information content (AvgIpc) is 2.74. The Bertz CT molecular complexity index is 580. The van der Waals surface area contributed by atoms with Gasteiger partial charge in [-0.2, -0.15) is 16.8 Å². The summed E-state index contributed by atoms with van der Waals surface area (Å²) in [4.78, 5) is 0. The molecule has 0 saturated heterocycles. The maximum Gasteiger partial charge on any atom is 1.00 e. The van der Waals surface area contributed by atoms with Crippen LogP contribution in [0.3, 0.4) is 0 Å². The van der Waals surface area contributed by atoms with Crippen LogP contribution in [0.5, 0.6) is 0 Å². The molecular formula is C24H53NaO8S2. The molecule has 0 aromatic heterocycles. The van der Waals surface area contributed by atoms with Crippen LogP contribution in [-0.2, 0) is 29.2 Å². The number of rotatable bonds is 24. The summed E-state index contributed by atoms with van der Waals surface area (Å²) in [7, 11) is -8.47. The minimum atomic E-state index is -4.67. The Balaban J connectivity index is -0.000000661. The minimum absolute atomic E-state index is 0. The summed E-state index contributed by atoms with van der Waals surface area (Å²) in [5.41, 5.74) is 0. The molecule has 0 aliphatic rings. The average molecular weight is 557 g/mol. The summed E-state index contributed by atoms with van der Waals surface area (Å²) in [6.07, 6.45) is 24.4. The third kappa shape index (κ3) is 45.1. The number of hydrogen-bond acceptors (Lipinski definition) is 6. The van der Waals surface area contributed by atoms with E-state index in [1.807, 2.05) is 0 Å². The fourth-order valence-electron chi connectivity index (χ4n) is 3.53. The Morgan fingerprint density at radius 1 is 0.486 bits per heavy atom. The zero-order valence-electron chi connectivity index (χ0n) is 23.7. The molecule has 0 amide bonds. The van der Waals surface area contributed by atoms with Gasteiger partial charge in [0.15, 0.2) is 0 Å². The second-order valence-corrected chi connectivity index (χ2v) is 11.0. The van der Waals surface area contributed by atoms with Crippen LogP contribution >= 0.6 is 0 Å². The normalized spacial score (nSPS) is 11.5. The van der Waals surface area contributed by atoms with Crippen LogP contribution in [0.15, 0.2) is 0 Å². The third-order valence-electron chi connectivity index (χ3n) is 5.45. The first-order valence-corrected chi connectivity index (χ1v) is 16.1. The first-order valence-electron chi connectivity index (χ1n) is 13.4. The molecule has 0 fully saturated rings. The molecule has 0 unspecified atom stereocenters. The molecule has 0 rings (SSSR count). The van der Waals surface area contributed by atoms with Crippen LogP contribution in [0.4, 0.5) is 0 Å². The zero-order chi connectivity index (χ0) is 26.0. The molecule has 0 atom stereocenters. The molecule has 11 heteroatoms. The van der Waals surface area contributed by atoms with Gasteiger partial charge in [-0.05, 0) is 12.8 Å². The Kier molecular flexibility index (Phi) is 33.7. The van der Waals surface area contributed by atoms with Gasteiger partial charge in [0.2, 0.25) is 0 Å². The second kappa shape index (κ2) is 29.3. The van der Waals surface area contributed by atoms with Crippen LogP contribution in [0.2, 0.25) is 0 Å². The molecule has 0 aromatic carbocycles. The summed E-state index contributed by atoms with van der Waals surface area (Å²) in [5.74, 6) is 0. The van der Waals surface area contributed by atoms with Gasteiger partial charge in [0.1, 0.15) is 0 Å². The summed E-state index contributed by atoms with van der Waals surface area (Å²) >= 11 is 0. The molecule has 0 radical (unpaired) electrons. The zero-order valence-corrected chi connectivity index (χ0v) is 26.3. The fourth-order valence-corrected chi connectivity index (χ4v) is 4.25. The van der Waals surface area contributed by atoms with Gasteiger partial charge in [0, 0.05) is 0 Å². The van der Waals surface area contributed by atoms with Crippen molar-refractivity contribution in [2.75, 3.05) is 13.2 Å². The van der Waals surface area contributed by atoms with Gasteiger partial charge in [0.25, 0.3) is 0 Å². The van der Waals surface area contributed by atoms with Crippen molar-refractivity contribution in [1.82, 2.24) is 0 Å². The molecule has 2 N–H and O–H groups in total. The smallest absolute Gasteiger partial charge is 1.00 e. The standard InChI is InChI=1S/C24H50O4S.Na.H2O4S.H/c1-3-5-7-9-11-13-15-17-19-21-23-27-29(25,26)28-24-22-20-18-16-14-12-10-8-6-4-2;;1-5(2,3)4;/h3-24H2,1-2H3;;(H2,1,2,3,4);/q;+1;;-1. The van der Waals surface area contributed by atoms with Gasteiger partial charge in [-0.25, -0.2) is 8.37 Å². The third-order valence-corrected chi connectivity index (χ3v) is 6.36. The fraction of sp³-hybridized carbons (Fsp3) is 1.00. The van der Waals surface area contributed by atoms with E-state index in [0.29, 0.717) is 0 Å². The minimum Gasteiger partial charge on any atom is -1.00 e. The Morgan fingerprint density at radius 3 is 0.914 bits per heavy atom. The van der Waals surface area contributed by atoms with Crippen LogP contribution in [-0.4, -0.2) is 39.2 Å². The van der Waals surface area contributed by atoms with Crippen LogP contribution in [0.25, 0.3) is 0 Å². The maximum absolute atomic E-state index is 11.7. The second-order valence-electron chi connectivity index (χ2n) is 8.86. The van der Waals surface area contributed by atoms with E-state index in [1.165, 1.54) is 89.9 Å². The van der Waals surface area contributed by atoms with Crippen LogP contribution < -0.4 is 29.6 Å². The van der Waals surface area contributed by atoms with Gasteiger partial charge in [-0.1, -0.05) is 129 Å². The predicted molar refractivity (Wildman–Crippen MR) is 140 cm³/mol. The Labute approximate surface area is 240 Å². The summed E-state index contributed by atoms with van der Waals surface area (Å²) in [6, 6.07) is 0. The molecule has 210 valence electrons. The number of unbranched alkanes of at least 4 members (excludes halogenated alkanes) is 18. The molecule has 0 aliphatic carbocycles. The molecule has 8 nitrogen and oxygen atoms in total. The maximum atomic E-state index is 11.7. The first-order chi connectivity index (χ1) is 16.1. The van der Waals surface area contributed by atoms with E-state index in [9.17, 15) is 8.42 Å². The topological polar surface area (TPSA) is 127 Å². The van der Waals surface area contributed by atoms with E-state index in [2.05, 4.69) is 13.8 Å². The molecule has 0 aliphatic heterocycles. The molecule has 0 aromatic rings. The van der Waals surface area contributed by atoms with Crippen molar-refractivity contribution >= 4 is 20.8 Å². The molecule has 0 spiro atoms. The van der Waals surface area contributed by atoms with Crippen molar-refractivity contribution in [2.24, 2.45) is 0 Å². The van der Waals surface area contributed by atoms with Crippen molar-refractivity contribution < 1.29 is 65.3 Å². The van der Waals surface area contributed by atoms with Crippen molar-refractivity contribution in [1.29, 1.82) is 0 Å². The predicted octanol–water partition coefficient (Wildman–Crippen LogP) is 4.57. The van der Waals surface area contributed by atoms with Crippen LogP contribution in [0, 0.1) is 0 Å². The largest absolute Gasteiger partial charge is 1.00 e. The summed E-state index contributed by atoms with van der Waals surface area (Å²) in [6.45, 7) is 4.98. The van der Waals surface area contributed by atoms with Crippen LogP contribution in [0.1, 0.15) is 144 Å². The quantitative estimate of drug-likeness (QED) is 0.101. The van der Waals surface area contributed by atoms with Crippen molar-refractivity contribution in [2.45, 2.75) is 142 Å². The molecule has 0 bridgehead atoms. The van der Waals surface area contributed by atoms with E-state index >= 15 is 0 Å². The molecule has 0 heterocycles. The van der Waals surface area contributed by atoms with E-state index in [-0.39, 0.29) is 44.2 Å². The molecule has 0 saturated carbocycles.